The number of rotatable bonds is 6. The molecular weight excluding hydrogens is 286 g/mol. The average Bonchev–Trinajstić information content (AvgIpc) is 2.59. The van der Waals surface area contributed by atoms with Gasteiger partial charge in [-0.05, 0) is 36.8 Å². The fraction of sp³-hybridized carbons (Fsp3) is 0.737. The van der Waals surface area contributed by atoms with E-state index in [1.165, 1.54) is 44.2 Å². The summed E-state index contributed by atoms with van der Waals surface area (Å²) in [4.78, 5) is 9.40. The first kappa shape index (κ1) is 16.9. The highest BCUT2D eigenvalue weighted by molar-refractivity contribution is 5.08. The van der Waals surface area contributed by atoms with E-state index in [0.29, 0.717) is 12.6 Å². The summed E-state index contributed by atoms with van der Waals surface area (Å²) in [5, 5.41) is 9.46. The third-order valence-corrected chi connectivity index (χ3v) is 5.50. The quantitative estimate of drug-likeness (QED) is 0.875. The van der Waals surface area contributed by atoms with Crippen LogP contribution in [0.3, 0.4) is 0 Å². The Labute approximate surface area is 140 Å². The first-order chi connectivity index (χ1) is 11.3. The molecule has 1 atom stereocenters. The van der Waals surface area contributed by atoms with Gasteiger partial charge in [0, 0.05) is 57.8 Å². The molecule has 2 heterocycles. The molecule has 23 heavy (non-hydrogen) atoms. The van der Waals surface area contributed by atoms with Gasteiger partial charge < -0.3 is 5.11 Å². The van der Waals surface area contributed by atoms with Crippen LogP contribution < -0.4 is 0 Å². The van der Waals surface area contributed by atoms with Gasteiger partial charge in [0.1, 0.15) is 0 Å². The summed E-state index contributed by atoms with van der Waals surface area (Å²) in [5.74, 6) is 0.884. The monoisotopic (exact) mass is 317 g/mol. The Morgan fingerprint density at radius 3 is 2.78 bits per heavy atom. The number of aliphatic hydroxyl groups is 1. The number of hydrogen-bond donors (Lipinski definition) is 1. The second-order valence-electron chi connectivity index (χ2n) is 7.26. The molecule has 2 aliphatic rings. The summed E-state index contributed by atoms with van der Waals surface area (Å²) < 4.78 is 0. The molecule has 0 amide bonds. The van der Waals surface area contributed by atoms with Gasteiger partial charge in [0.25, 0.3) is 0 Å². The summed E-state index contributed by atoms with van der Waals surface area (Å²) in [7, 11) is 0. The van der Waals surface area contributed by atoms with Crippen molar-refractivity contribution in [2.24, 2.45) is 5.92 Å². The Bertz CT molecular complexity index is 447. The third kappa shape index (κ3) is 5.00. The number of aliphatic hydroxyl groups excluding tert-OH is 1. The topological polar surface area (TPSA) is 39.6 Å². The fourth-order valence-corrected chi connectivity index (χ4v) is 4.22. The third-order valence-electron chi connectivity index (χ3n) is 5.50. The minimum atomic E-state index is 0.298. The van der Waals surface area contributed by atoms with Gasteiger partial charge in [-0.25, -0.2) is 0 Å². The summed E-state index contributed by atoms with van der Waals surface area (Å²) in [6.45, 7) is 5.86. The van der Waals surface area contributed by atoms with Crippen molar-refractivity contribution in [2.75, 3.05) is 32.8 Å². The molecule has 1 N–H and O–H groups in total. The Morgan fingerprint density at radius 2 is 2.04 bits per heavy atom. The Kier molecular flexibility index (Phi) is 6.43. The van der Waals surface area contributed by atoms with Crippen LogP contribution in [-0.4, -0.2) is 58.7 Å². The van der Waals surface area contributed by atoms with Crippen molar-refractivity contribution in [3.8, 4) is 0 Å². The summed E-state index contributed by atoms with van der Waals surface area (Å²) >= 11 is 0. The predicted octanol–water partition coefficient (Wildman–Crippen LogP) is 2.53. The van der Waals surface area contributed by atoms with Gasteiger partial charge in [0.05, 0.1) is 0 Å². The van der Waals surface area contributed by atoms with Gasteiger partial charge >= 0.3 is 0 Å². The molecular formula is C19H31N3O. The fourth-order valence-electron chi connectivity index (χ4n) is 4.22. The smallest absolute Gasteiger partial charge is 0.0446 e. The SMILES string of the molecule is OCC[C@H]1CN(Cc2cccnc2)CCN1CC1CCCCC1. The van der Waals surface area contributed by atoms with E-state index < -0.39 is 0 Å². The molecule has 1 aliphatic carbocycles. The van der Waals surface area contributed by atoms with E-state index in [1.54, 1.807) is 0 Å². The average molecular weight is 317 g/mol. The number of pyridine rings is 1. The van der Waals surface area contributed by atoms with Gasteiger partial charge in [-0.15, -0.1) is 0 Å². The number of hydrogen-bond acceptors (Lipinski definition) is 4. The molecule has 2 fully saturated rings. The highest BCUT2D eigenvalue weighted by Crippen LogP contribution is 2.26. The molecule has 1 saturated carbocycles. The maximum absolute atomic E-state index is 9.46. The van der Waals surface area contributed by atoms with Crippen molar-refractivity contribution in [1.82, 2.24) is 14.8 Å². The Morgan fingerprint density at radius 1 is 1.17 bits per heavy atom. The molecule has 0 radical (unpaired) electrons. The number of piperazine rings is 1. The molecule has 0 spiro atoms. The zero-order valence-corrected chi connectivity index (χ0v) is 14.2. The molecule has 1 saturated heterocycles. The standard InChI is InChI=1S/C19H31N3O/c23-12-8-19-16-21(14-18-7-4-9-20-13-18)10-11-22(19)15-17-5-2-1-3-6-17/h4,7,9,13,17,19,23H,1-3,5-6,8,10-12,14-16H2/t19-/m0/s1. The van der Waals surface area contributed by atoms with Crippen molar-refractivity contribution >= 4 is 0 Å². The van der Waals surface area contributed by atoms with E-state index in [-0.39, 0.29) is 0 Å². The van der Waals surface area contributed by atoms with Gasteiger partial charge in [-0.1, -0.05) is 25.3 Å². The minimum Gasteiger partial charge on any atom is -0.396 e. The van der Waals surface area contributed by atoms with E-state index in [1.807, 2.05) is 18.5 Å². The number of aromatic nitrogens is 1. The van der Waals surface area contributed by atoms with Gasteiger partial charge in [-0.3, -0.25) is 14.8 Å². The lowest BCUT2D eigenvalue weighted by atomic mass is 9.88. The van der Waals surface area contributed by atoms with Crippen LogP contribution in [0.4, 0.5) is 0 Å². The molecule has 0 aromatic carbocycles. The number of nitrogens with zero attached hydrogens (tertiary/aromatic N) is 3. The molecule has 4 heteroatoms. The van der Waals surface area contributed by atoms with E-state index in [4.69, 9.17) is 0 Å². The Hall–Kier alpha value is -0.970. The van der Waals surface area contributed by atoms with E-state index in [0.717, 1.165) is 38.5 Å². The zero-order valence-electron chi connectivity index (χ0n) is 14.2. The van der Waals surface area contributed by atoms with Gasteiger partial charge in [0.15, 0.2) is 0 Å². The van der Waals surface area contributed by atoms with Crippen molar-refractivity contribution < 1.29 is 5.11 Å². The van der Waals surface area contributed by atoms with Crippen LogP contribution >= 0.6 is 0 Å². The van der Waals surface area contributed by atoms with Gasteiger partial charge in [-0.2, -0.15) is 0 Å². The predicted molar refractivity (Wildman–Crippen MR) is 93.2 cm³/mol. The van der Waals surface area contributed by atoms with Crippen LogP contribution in [-0.2, 0) is 6.54 Å². The largest absolute Gasteiger partial charge is 0.396 e. The van der Waals surface area contributed by atoms with Crippen LogP contribution in [0.2, 0.25) is 0 Å². The maximum atomic E-state index is 9.46. The zero-order chi connectivity index (χ0) is 15.9. The Balaban J connectivity index is 1.54. The lowest BCUT2D eigenvalue weighted by Gasteiger charge is -2.43. The second kappa shape index (κ2) is 8.76. The summed E-state index contributed by atoms with van der Waals surface area (Å²) in [6, 6.07) is 4.68. The first-order valence-electron chi connectivity index (χ1n) is 9.31. The summed E-state index contributed by atoms with van der Waals surface area (Å²) in [5.41, 5.74) is 1.29. The van der Waals surface area contributed by atoms with Crippen LogP contribution in [0, 0.1) is 5.92 Å². The van der Waals surface area contributed by atoms with Crippen molar-refractivity contribution in [1.29, 1.82) is 0 Å². The molecule has 128 valence electrons. The first-order valence-corrected chi connectivity index (χ1v) is 9.31. The van der Waals surface area contributed by atoms with Crippen LogP contribution in [0.15, 0.2) is 24.5 Å². The van der Waals surface area contributed by atoms with E-state index >= 15 is 0 Å². The molecule has 0 unspecified atom stereocenters. The highest BCUT2D eigenvalue weighted by Gasteiger charge is 2.28. The van der Waals surface area contributed by atoms with Crippen molar-refractivity contribution in [3.63, 3.8) is 0 Å². The second-order valence-corrected chi connectivity index (χ2v) is 7.26. The molecule has 3 rings (SSSR count). The maximum Gasteiger partial charge on any atom is 0.0446 e. The molecule has 0 bridgehead atoms. The normalized spacial score (nSPS) is 24.8. The van der Waals surface area contributed by atoms with Gasteiger partial charge in [0.2, 0.25) is 0 Å². The van der Waals surface area contributed by atoms with E-state index in [2.05, 4.69) is 20.9 Å². The van der Waals surface area contributed by atoms with Crippen molar-refractivity contribution in [3.05, 3.63) is 30.1 Å². The minimum absolute atomic E-state index is 0.298. The highest BCUT2D eigenvalue weighted by atomic mass is 16.3. The van der Waals surface area contributed by atoms with Crippen LogP contribution in [0.25, 0.3) is 0 Å². The lowest BCUT2D eigenvalue weighted by Crippen LogP contribution is -2.54. The summed E-state index contributed by atoms with van der Waals surface area (Å²) in [6.07, 6.45) is 11.8. The van der Waals surface area contributed by atoms with Crippen LogP contribution in [0.1, 0.15) is 44.1 Å². The van der Waals surface area contributed by atoms with Crippen molar-refractivity contribution in [2.45, 2.75) is 51.1 Å². The molecule has 1 aromatic rings. The lowest BCUT2D eigenvalue weighted by molar-refractivity contribution is 0.0400. The molecule has 1 aromatic heterocycles. The van der Waals surface area contributed by atoms with Crippen LogP contribution in [0.5, 0.6) is 0 Å². The molecule has 4 nitrogen and oxygen atoms in total. The molecule has 1 aliphatic heterocycles. The van der Waals surface area contributed by atoms with E-state index in [9.17, 15) is 5.11 Å².